The van der Waals surface area contributed by atoms with Gasteiger partial charge in [0.1, 0.15) is 4.88 Å². The van der Waals surface area contributed by atoms with Gasteiger partial charge in [-0.05, 0) is 6.92 Å². The van der Waals surface area contributed by atoms with E-state index in [1.54, 1.807) is 7.11 Å². The number of hydrogen-bond donors (Lipinski definition) is 2. The summed E-state index contributed by atoms with van der Waals surface area (Å²) in [6, 6.07) is 9.79. The highest BCUT2D eigenvalue weighted by molar-refractivity contribution is 7.14. The summed E-state index contributed by atoms with van der Waals surface area (Å²) < 4.78 is 4.95. The summed E-state index contributed by atoms with van der Waals surface area (Å²) in [5.41, 5.74) is 1.73. The van der Waals surface area contributed by atoms with Crippen LogP contribution in [0.2, 0.25) is 0 Å². The van der Waals surface area contributed by atoms with Gasteiger partial charge in [-0.25, -0.2) is 4.98 Å². The summed E-state index contributed by atoms with van der Waals surface area (Å²) >= 11 is 1.43. The molecule has 8 heteroatoms. The van der Waals surface area contributed by atoms with E-state index in [2.05, 4.69) is 15.6 Å². The highest BCUT2D eigenvalue weighted by Crippen LogP contribution is 2.27. The van der Waals surface area contributed by atoms with Crippen LogP contribution in [0.25, 0.3) is 11.3 Å². The lowest BCUT2D eigenvalue weighted by Crippen LogP contribution is -2.32. The predicted molar refractivity (Wildman–Crippen MR) is 104 cm³/mol. The topological polar surface area (TPSA) is 63.2 Å². The molecular weight excluding hydrogens is 369 g/mol. The van der Waals surface area contributed by atoms with E-state index in [1.165, 1.54) is 11.3 Å². The number of benzene rings is 1. The monoisotopic (exact) mass is 391 g/mol. The number of carbonyl (C=O) groups excluding carboxylic acids is 1. The molecule has 0 spiro atoms. The Morgan fingerprint density at radius 1 is 1.17 bits per heavy atom. The second kappa shape index (κ2) is 12.2. The number of methoxy groups -OCH3 is 1. The van der Waals surface area contributed by atoms with Gasteiger partial charge in [-0.1, -0.05) is 30.3 Å². The molecule has 1 amide bonds. The smallest absolute Gasteiger partial charge is 0.263 e. The first-order chi connectivity index (χ1) is 10.7. The van der Waals surface area contributed by atoms with Gasteiger partial charge in [0.2, 0.25) is 0 Å². The van der Waals surface area contributed by atoms with Gasteiger partial charge >= 0.3 is 0 Å². The van der Waals surface area contributed by atoms with Crippen molar-refractivity contribution in [3.63, 3.8) is 0 Å². The van der Waals surface area contributed by atoms with E-state index in [0.29, 0.717) is 24.6 Å². The fourth-order valence-corrected chi connectivity index (χ4v) is 2.87. The highest BCUT2D eigenvalue weighted by atomic mass is 35.5. The second-order valence-electron chi connectivity index (χ2n) is 4.78. The third-order valence-corrected chi connectivity index (χ3v) is 4.03. The molecule has 2 aromatic rings. The van der Waals surface area contributed by atoms with E-state index < -0.39 is 0 Å². The first-order valence-electron chi connectivity index (χ1n) is 7.23. The lowest BCUT2D eigenvalue weighted by molar-refractivity contribution is 0.0958. The Kier molecular flexibility index (Phi) is 11.6. The lowest BCUT2D eigenvalue weighted by atomic mass is 10.1. The molecule has 0 radical (unpaired) electrons. The molecule has 0 saturated carbocycles. The lowest BCUT2D eigenvalue weighted by Gasteiger charge is -2.06. The minimum Gasteiger partial charge on any atom is -0.383 e. The van der Waals surface area contributed by atoms with Gasteiger partial charge in [-0.2, -0.15) is 0 Å². The number of halogens is 2. The van der Waals surface area contributed by atoms with Gasteiger partial charge in [0.15, 0.2) is 0 Å². The normalized spacial score (nSPS) is 9.75. The zero-order valence-corrected chi connectivity index (χ0v) is 16.2. The highest BCUT2D eigenvalue weighted by Gasteiger charge is 2.17. The van der Waals surface area contributed by atoms with Crippen molar-refractivity contribution >= 4 is 42.1 Å². The van der Waals surface area contributed by atoms with Crippen molar-refractivity contribution in [3.05, 3.63) is 40.2 Å². The molecule has 0 bridgehead atoms. The van der Waals surface area contributed by atoms with Gasteiger partial charge in [0, 0.05) is 32.3 Å². The van der Waals surface area contributed by atoms with Crippen LogP contribution in [0.5, 0.6) is 0 Å². The maximum absolute atomic E-state index is 12.3. The zero-order chi connectivity index (χ0) is 15.8. The molecule has 0 aliphatic carbocycles. The fraction of sp³-hybridized carbons (Fsp3) is 0.375. The van der Waals surface area contributed by atoms with Crippen LogP contribution >= 0.6 is 36.2 Å². The maximum atomic E-state index is 12.3. The largest absolute Gasteiger partial charge is 0.383 e. The molecule has 1 aromatic carbocycles. The summed E-state index contributed by atoms with van der Waals surface area (Å²) in [6.45, 7) is 4.66. The van der Waals surface area contributed by atoms with Crippen LogP contribution in [0.15, 0.2) is 30.3 Å². The molecule has 0 atom stereocenters. The molecule has 0 unspecified atom stereocenters. The van der Waals surface area contributed by atoms with Crippen LogP contribution in [0, 0.1) is 6.92 Å². The standard InChI is InChI=1S/C16H21N3O2S.2ClH/c1-12-19-14(13-6-4-3-5-7-13)15(22-12)16(20)18-9-8-17-10-11-21-2;;/h3-7,17H,8-11H2,1-2H3,(H,18,20);2*1H. The van der Waals surface area contributed by atoms with E-state index in [0.717, 1.165) is 22.8 Å². The van der Waals surface area contributed by atoms with E-state index in [1.807, 2.05) is 37.3 Å². The van der Waals surface area contributed by atoms with Crippen molar-refractivity contribution in [1.29, 1.82) is 0 Å². The molecule has 0 aliphatic heterocycles. The maximum Gasteiger partial charge on any atom is 0.263 e. The third-order valence-electron chi connectivity index (χ3n) is 3.06. The number of aryl methyl sites for hydroxylation is 1. The van der Waals surface area contributed by atoms with Crippen LogP contribution in [0.3, 0.4) is 0 Å². The average Bonchev–Trinajstić information content (AvgIpc) is 2.93. The molecular formula is C16H23Cl2N3O2S. The summed E-state index contributed by atoms with van der Waals surface area (Å²) in [4.78, 5) is 17.5. The molecule has 1 heterocycles. The summed E-state index contributed by atoms with van der Waals surface area (Å²) in [5.74, 6) is -0.0713. The zero-order valence-electron chi connectivity index (χ0n) is 13.7. The van der Waals surface area contributed by atoms with Crippen LogP contribution in [0.1, 0.15) is 14.7 Å². The Morgan fingerprint density at radius 3 is 2.54 bits per heavy atom. The fourth-order valence-electron chi connectivity index (χ4n) is 2.02. The van der Waals surface area contributed by atoms with Gasteiger partial charge in [-0.15, -0.1) is 36.2 Å². The number of hydrogen-bond acceptors (Lipinski definition) is 5. The molecule has 24 heavy (non-hydrogen) atoms. The molecule has 0 fully saturated rings. The van der Waals surface area contributed by atoms with Gasteiger partial charge in [0.25, 0.3) is 5.91 Å². The Hall–Kier alpha value is -1.18. The molecule has 1 aromatic heterocycles. The number of nitrogens with zero attached hydrogens (tertiary/aromatic N) is 1. The number of carbonyl (C=O) groups is 1. The van der Waals surface area contributed by atoms with Gasteiger partial charge in [0.05, 0.1) is 17.3 Å². The van der Waals surface area contributed by atoms with E-state index in [9.17, 15) is 4.79 Å². The van der Waals surface area contributed by atoms with Gasteiger partial charge < -0.3 is 15.4 Å². The first kappa shape index (κ1) is 22.8. The SMILES string of the molecule is COCCNCCNC(=O)c1sc(C)nc1-c1ccccc1.Cl.Cl. The summed E-state index contributed by atoms with van der Waals surface area (Å²) in [7, 11) is 1.67. The molecule has 5 nitrogen and oxygen atoms in total. The van der Waals surface area contributed by atoms with E-state index >= 15 is 0 Å². The second-order valence-corrected chi connectivity index (χ2v) is 5.98. The Balaban J connectivity index is 0.00000264. The van der Waals surface area contributed by atoms with Crippen molar-refractivity contribution < 1.29 is 9.53 Å². The number of aromatic nitrogens is 1. The van der Waals surface area contributed by atoms with Crippen molar-refractivity contribution in [2.75, 3.05) is 33.4 Å². The predicted octanol–water partition coefficient (Wildman–Crippen LogP) is 2.93. The molecule has 0 saturated heterocycles. The number of ether oxygens (including phenoxy) is 1. The Morgan fingerprint density at radius 2 is 1.88 bits per heavy atom. The van der Waals surface area contributed by atoms with E-state index in [-0.39, 0.29) is 30.7 Å². The van der Waals surface area contributed by atoms with Crippen molar-refractivity contribution in [2.24, 2.45) is 0 Å². The Labute approximate surface area is 159 Å². The van der Waals surface area contributed by atoms with Crippen LogP contribution in [-0.4, -0.2) is 44.2 Å². The van der Waals surface area contributed by atoms with Gasteiger partial charge in [-0.3, -0.25) is 4.79 Å². The minimum absolute atomic E-state index is 0. The number of amides is 1. The Bertz CT molecular complexity index is 609. The van der Waals surface area contributed by atoms with Crippen LogP contribution in [-0.2, 0) is 4.74 Å². The molecule has 2 rings (SSSR count). The average molecular weight is 392 g/mol. The van der Waals surface area contributed by atoms with Crippen molar-refractivity contribution in [2.45, 2.75) is 6.92 Å². The van der Waals surface area contributed by atoms with Crippen molar-refractivity contribution in [1.82, 2.24) is 15.6 Å². The molecule has 134 valence electrons. The van der Waals surface area contributed by atoms with Crippen molar-refractivity contribution in [3.8, 4) is 11.3 Å². The minimum atomic E-state index is -0.0713. The number of nitrogens with one attached hydrogen (secondary N) is 2. The number of thiazole rings is 1. The van der Waals surface area contributed by atoms with Crippen LogP contribution in [0.4, 0.5) is 0 Å². The number of rotatable bonds is 8. The summed E-state index contributed by atoms with van der Waals surface area (Å²) in [6.07, 6.45) is 0. The van der Waals surface area contributed by atoms with Crippen LogP contribution < -0.4 is 10.6 Å². The first-order valence-corrected chi connectivity index (χ1v) is 8.04. The van der Waals surface area contributed by atoms with E-state index in [4.69, 9.17) is 4.74 Å². The molecule has 2 N–H and O–H groups in total. The summed E-state index contributed by atoms with van der Waals surface area (Å²) in [5, 5.41) is 7.01. The quantitative estimate of drug-likeness (QED) is 0.679. The third kappa shape index (κ3) is 6.75. The molecule has 0 aliphatic rings.